The van der Waals surface area contributed by atoms with Crippen molar-refractivity contribution in [1.29, 1.82) is 0 Å². The number of carbonyl (C=O) groups excluding carboxylic acids is 1. The van der Waals surface area contributed by atoms with E-state index in [9.17, 15) is 4.79 Å². The van der Waals surface area contributed by atoms with Crippen molar-refractivity contribution in [2.24, 2.45) is 0 Å². The van der Waals surface area contributed by atoms with Gasteiger partial charge in [0, 0.05) is 17.4 Å². The average Bonchev–Trinajstić information content (AvgIpc) is 3.57. The van der Waals surface area contributed by atoms with E-state index >= 15 is 0 Å². The standard InChI is InChI=1S/C23H20ClN5O5/c24-15-4-5-16-21(34-12-31-16)20(15)27-19-6-7-25-23(28-19)26-14-3-1-2-13(8-14)22(30)29-9-17-18(10-29)33-11-32-17/h1-8,17-18H,9-12H2,(H2,25,26,27,28)/t17-,18+. The van der Waals surface area contributed by atoms with Crippen LogP contribution in [0.4, 0.5) is 23.1 Å². The molecule has 2 fully saturated rings. The van der Waals surface area contributed by atoms with Crippen molar-refractivity contribution >= 4 is 40.6 Å². The number of hydrogen-bond acceptors (Lipinski definition) is 9. The lowest BCUT2D eigenvalue weighted by Crippen LogP contribution is -2.30. The minimum Gasteiger partial charge on any atom is -0.454 e. The molecule has 3 aromatic rings. The molecule has 0 saturated carbocycles. The number of amides is 1. The maximum Gasteiger partial charge on any atom is 0.254 e. The highest BCUT2D eigenvalue weighted by Gasteiger charge is 2.40. The largest absolute Gasteiger partial charge is 0.454 e. The van der Waals surface area contributed by atoms with Crippen LogP contribution in [0.5, 0.6) is 11.5 Å². The summed E-state index contributed by atoms with van der Waals surface area (Å²) < 4.78 is 22.0. The molecule has 0 spiro atoms. The summed E-state index contributed by atoms with van der Waals surface area (Å²) in [5.74, 6) is 1.94. The van der Waals surface area contributed by atoms with Gasteiger partial charge in [0.25, 0.3) is 5.91 Å². The van der Waals surface area contributed by atoms with Crippen LogP contribution in [0.25, 0.3) is 0 Å². The molecular weight excluding hydrogens is 462 g/mol. The molecule has 11 heteroatoms. The Bertz CT molecular complexity index is 1250. The summed E-state index contributed by atoms with van der Waals surface area (Å²) in [5.41, 5.74) is 1.81. The Kier molecular flexibility index (Phi) is 5.33. The predicted molar refractivity (Wildman–Crippen MR) is 123 cm³/mol. The van der Waals surface area contributed by atoms with Crippen LogP contribution in [0.1, 0.15) is 10.4 Å². The third kappa shape index (κ3) is 3.96. The minimum atomic E-state index is -0.0728. The van der Waals surface area contributed by atoms with E-state index in [0.717, 1.165) is 0 Å². The lowest BCUT2D eigenvalue weighted by atomic mass is 10.2. The van der Waals surface area contributed by atoms with Crippen LogP contribution in [0, 0.1) is 0 Å². The van der Waals surface area contributed by atoms with Crippen molar-refractivity contribution < 1.29 is 23.7 Å². The zero-order valence-electron chi connectivity index (χ0n) is 17.9. The topological polar surface area (TPSA) is 107 Å². The molecule has 3 aliphatic heterocycles. The van der Waals surface area contributed by atoms with Crippen LogP contribution in [0.3, 0.4) is 0 Å². The van der Waals surface area contributed by atoms with E-state index in [1.54, 1.807) is 41.4 Å². The normalized spacial score (nSPS) is 20.3. The Morgan fingerprint density at radius 1 is 1.03 bits per heavy atom. The maximum absolute atomic E-state index is 13.0. The summed E-state index contributed by atoms with van der Waals surface area (Å²) in [6, 6.07) is 12.4. The van der Waals surface area contributed by atoms with Crippen LogP contribution < -0.4 is 20.1 Å². The van der Waals surface area contributed by atoms with Crippen LogP contribution in [0.15, 0.2) is 48.7 Å². The smallest absolute Gasteiger partial charge is 0.254 e. The number of nitrogens with one attached hydrogen (secondary N) is 2. The minimum absolute atomic E-state index is 0.0507. The molecule has 3 aliphatic rings. The molecule has 0 radical (unpaired) electrons. The molecule has 10 nitrogen and oxygen atoms in total. The molecule has 2 atom stereocenters. The summed E-state index contributed by atoms with van der Waals surface area (Å²) in [6.07, 6.45) is 1.51. The molecule has 2 aromatic carbocycles. The molecule has 0 unspecified atom stereocenters. The molecule has 2 saturated heterocycles. The van der Waals surface area contributed by atoms with Gasteiger partial charge in [-0.1, -0.05) is 17.7 Å². The summed E-state index contributed by atoms with van der Waals surface area (Å²) in [5, 5.41) is 6.80. The van der Waals surface area contributed by atoms with Gasteiger partial charge in [-0.3, -0.25) is 4.79 Å². The number of nitrogens with zero attached hydrogens (tertiary/aromatic N) is 3. The summed E-state index contributed by atoms with van der Waals surface area (Å²) >= 11 is 6.35. The Morgan fingerprint density at radius 2 is 1.88 bits per heavy atom. The molecule has 34 heavy (non-hydrogen) atoms. The van der Waals surface area contributed by atoms with E-state index in [0.29, 0.717) is 65.1 Å². The molecular formula is C23H20ClN5O5. The number of ether oxygens (including phenoxy) is 4. The number of aromatic nitrogens is 2. The Balaban J connectivity index is 1.18. The molecule has 174 valence electrons. The van der Waals surface area contributed by atoms with Gasteiger partial charge in [0.1, 0.15) is 30.5 Å². The first-order chi connectivity index (χ1) is 16.6. The van der Waals surface area contributed by atoms with Gasteiger partial charge < -0.3 is 34.5 Å². The second-order valence-corrected chi connectivity index (χ2v) is 8.40. The SMILES string of the molecule is O=C(c1cccc(Nc2nccc(Nc3c(Cl)ccc4c3OCO4)n2)c1)N1C[C@@H]2OCO[C@@H]2C1. The van der Waals surface area contributed by atoms with Gasteiger partial charge in [-0.05, 0) is 36.4 Å². The van der Waals surface area contributed by atoms with Crippen molar-refractivity contribution in [2.75, 3.05) is 37.3 Å². The first-order valence-electron chi connectivity index (χ1n) is 10.7. The Hall–Kier alpha value is -3.60. The van der Waals surface area contributed by atoms with Crippen LogP contribution in [-0.2, 0) is 9.47 Å². The molecule has 6 rings (SSSR count). The monoisotopic (exact) mass is 481 g/mol. The second-order valence-electron chi connectivity index (χ2n) is 7.99. The van der Waals surface area contributed by atoms with Crippen LogP contribution in [-0.4, -0.2) is 59.7 Å². The third-order valence-corrected chi connectivity index (χ3v) is 6.14. The van der Waals surface area contributed by atoms with E-state index < -0.39 is 0 Å². The van der Waals surface area contributed by atoms with Gasteiger partial charge in [0.2, 0.25) is 12.7 Å². The maximum atomic E-state index is 13.0. The fraction of sp³-hybridized carbons (Fsp3) is 0.261. The number of anilines is 4. The molecule has 4 heterocycles. The van der Waals surface area contributed by atoms with E-state index in [1.807, 2.05) is 12.1 Å². The van der Waals surface area contributed by atoms with Crippen molar-refractivity contribution in [3.63, 3.8) is 0 Å². The predicted octanol–water partition coefficient (Wildman–Crippen LogP) is 3.54. The number of halogens is 1. The summed E-state index contributed by atoms with van der Waals surface area (Å²) in [4.78, 5) is 23.5. The molecule has 1 aromatic heterocycles. The highest BCUT2D eigenvalue weighted by molar-refractivity contribution is 6.33. The average molecular weight is 482 g/mol. The number of benzene rings is 2. The molecule has 1 amide bonds. The van der Waals surface area contributed by atoms with Crippen molar-refractivity contribution in [2.45, 2.75) is 12.2 Å². The lowest BCUT2D eigenvalue weighted by Gasteiger charge is -2.17. The number of fused-ring (bicyclic) bond motifs is 2. The second kappa shape index (κ2) is 8.64. The van der Waals surface area contributed by atoms with E-state index in [2.05, 4.69) is 20.6 Å². The fourth-order valence-corrected chi connectivity index (χ4v) is 4.36. The Morgan fingerprint density at radius 3 is 2.74 bits per heavy atom. The van der Waals surface area contributed by atoms with E-state index in [4.69, 9.17) is 30.5 Å². The van der Waals surface area contributed by atoms with Crippen molar-refractivity contribution in [3.8, 4) is 11.5 Å². The number of carbonyl (C=O) groups is 1. The van der Waals surface area contributed by atoms with E-state index in [-0.39, 0.29) is 24.9 Å². The van der Waals surface area contributed by atoms with Gasteiger partial charge in [0.15, 0.2) is 11.5 Å². The molecule has 0 aliphatic carbocycles. The van der Waals surface area contributed by atoms with Crippen LogP contribution in [0.2, 0.25) is 5.02 Å². The molecule has 0 bridgehead atoms. The number of rotatable bonds is 5. The fourth-order valence-electron chi connectivity index (χ4n) is 4.17. The zero-order chi connectivity index (χ0) is 23.1. The Labute approximate surface area is 199 Å². The highest BCUT2D eigenvalue weighted by Crippen LogP contribution is 2.44. The van der Waals surface area contributed by atoms with Gasteiger partial charge in [-0.15, -0.1) is 0 Å². The zero-order valence-corrected chi connectivity index (χ0v) is 18.6. The highest BCUT2D eigenvalue weighted by atomic mass is 35.5. The van der Waals surface area contributed by atoms with Crippen molar-refractivity contribution in [1.82, 2.24) is 14.9 Å². The summed E-state index contributed by atoms with van der Waals surface area (Å²) in [7, 11) is 0. The van der Waals surface area contributed by atoms with Crippen LogP contribution >= 0.6 is 11.6 Å². The van der Waals surface area contributed by atoms with Crippen molar-refractivity contribution in [3.05, 3.63) is 59.2 Å². The molecule has 2 N–H and O–H groups in total. The van der Waals surface area contributed by atoms with Gasteiger partial charge in [-0.2, -0.15) is 4.98 Å². The number of likely N-dealkylation sites (tertiary alicyclic amines) is 1. The lowest BCUT2D eigenvalue weighted by molar-refractivity contribution is 0.0151. The van der Waals surface area contributed by atoms with Gasteiger partial charge in [0.05, 0.1) is 18.1 Å². The first kappa shape index (κ1) is 21.0. The van der Waals surface area contributed by atoms with Gasteiger partial charge >= 0.3 is 0 Å². The quantitative estimate of drug-likeness (QED) is 0.565. The third-order valence-electron chi connectivity index (χ3n) is 5.83. The summed E-state index contributed by atoms with van der Waals surface area (Å²) in [6.45, 7) is 1.48. The van der Waals surface area contributed by atoms with Gasteiger partial charge in [-0.25, -0.2) is 4.98 Å². The first-order valence-corrected chi connectivity index (χ1v) is 11.1. The van der Waals surface area contributed by atoms with E-state index in [1.165, 1.54) is 0 Å². The number of hydrogen-bond donors (Lipinski definition) is 2.